The number of aromatic carboxylic acids is 1. The summed E-state index contributed by atoms with van der Waals surface area (Å²) in [5.74, 6) is -1.18. The van der Waals surface area contributed by atoms with E-state index in [4.69, 9.17) is 9.84 Å². The van der Waals surface area contributed by atoms with Gasteiger partial charge in [-0.25, -0.2) is 13.2 Å². The lowest BCUT2D eigenvalue weighted by molar-refractivity contribution is 0.0698. The normalized spacial score (nSPS) is 16.9. The predicted octanol–water partition coefficient (Wildman–Crippen LogP) is 2.07. The Balaban J connectivity index is 2.28. The van der Waals surface area contributed by atoms with Crippen LogP contribution >= 0.6 is 15.9 Å². The molecule has 1 aliphatic rings. The van der Waals surface area contributed by atoms with Gasteiger partial charge in [-0.1, -0.05) is 15.9 Å². The lowest BCUT2D eigenvalue weighted by atomic mass is 10.2. The zero-order valence-corrected chi connectivity index (χ0v) is 12.9. The highest BCUT2D eigenvalue weighted by molar-refractivity contribution is 9.10. The lowest BCUT2D eigenvalue weighted by Gasteiger charge is -2.23. The summed E-state index contributed by atoms with van der Waals surface area (Å²) in [5.41, 5.74) is -0.0119. The van der Waals surface area contributed by atoms with Gasteiger partial charge < -0.3 is 9.84 Å². The summed E-state index contributed by atoms with van der Waals surface area (Å²) < 4.78 is 32.7. The van der Waals surface area contributed by atoms with Crippen LogP contribution in [0, 0.1) is 0 Å². The first-order valence-electron chi connectivity index (χ1n) is 6.02. The molecule has 1 aromatic carbocycles. The van der Waals surface area contributed by atoms with E-state index in [1.165, 1.54) is 12.1 Å². The Bertz CT molecular complexity index is 610. The van der Waals surface area contributed by atoms with E-state index in [-0.39, 0.29) is 11.3 Å². The lowest BCUT2D eigenvalue weighted by Crippen LogP contribution is -2.33. The second kappa shape index (κ2) is 6.11. The highest BCUT2D eigenvalue weighted by atomic mass is 79.9. The number of hydrogen-bond acceptors (Lipinski definition) is 4. The molecule has 1 heterocycles. The molecule has 0 aliphatic carbocycles. The van der Waals surface area contributed by atoms with Gasteiger partial charge in [-0.3, -0.25) is 4.72 Å². The summed E-state index contributed by atoms with van der Waals surface area (Å²) >= 11 is 3.20. The van der Waals surface area contributed by atoms with Crippen LogP contribution in [0.4, 0.5) is 5.69 Å². The molecular weight excluding hydrogens is 350 g/mol. The number of rotatable bonds is 4. The second-order valence-electron chi connectivity index (χ2n) is 4.45. The molecule has 1 fully saturated rings. The Kier molecular flexibility index (Phi) is 4.66. The van der Waals surface area contributed by atoms with Crippen LogP contribution < -0.4 is 4.72 Å². The molecule has 0 amide bonds. The SMILES string of the molecule is O=C(O)c1ccc(Br)cc1NS(=O)(=O)C1CCOCC1. The molecule has 20 heavy (non-hydrogen) atoms. The van der Waals surface area contributed by atoms with E-state index in [0.29, 0.717) is 30.5 Å². The standard InChI is InChI=1S/C12H14BrNO5S/c13-8-1-2-10(12(15)16)11(7-8)14-20(17,18)9-3-5-19-6-4-9/h1-2,7,9,14H,3-6H2,(H,15,16). The van der Waals surface area contributed by atoms with Crippen molar-refractivity contribution in [3.63, 3.8) is 0 Å². The molecule has 0 aromatic heterocycles. The quantitative estimate of drug-likeness (QED) is 0.853. The van der Waals surface area contributed by atoms with Crippen molar-refractivity contribution >= 4 is 37.6 Å². The van der Waals surface area contributed by atoms with E-state index in [1.807, 2.05) is 0 Å². The molecule has 0 spiro atoms. The largest absolute Gasteiger partial charge is 0.478 e. The fourth-order valence-electron chi connectivity index (χ4n) is 2.01. The predicted molar refractivity (Wildman–Crippen MR) is 77.5 cm³/mol. The average molecular weight is 364 g/mol. The van der Waals surface area contributed by atoms with Crippen LogP contribution in [0.25, 0.3) is 0 Å². The minimum Gasteiger partial charge on any atom is -0.478 e. The Labute approximate surface area is 125 Å². The number of anilines is 1. The van der Waals surface area contributed by atoms with E-state index in [0.717, 1.165) is 0 Å². The van der Waals surface area contributed by atoms with Crippen LogP contribution in [0.1, 0.15) is 23.2 Å². The minimum atomic E-state index is -3.62. The van der Waals surface area contributed by atoms with Gasteiger partial charge in [-0.2, -0.15) is 0 Å². The molecule has 1 saturated heterocycles. The third-order valence-electron chi connectivity index (χ3n) is 3.07. The van der Waals surface area contributed by atoms with Crippen molar-refractivity contribution in [2.75, 3.05) is 17.9 Å². The molecule has 2 N–H and O–H groups in total. The van der Waals surface area contributed by atoms with E-state index < -0.39 is 21.2 Å². The summed E-state index contributed by atoms with van der Waals surface area (Å²) in [6.07, 6.45) is 0.817. The Hall–Kier alpha value is -1.12. The maximum atomic E-state index is 12.3. The first kappa shape index (κ1) is 15.3. The molecule has 0 bridgehead atoms. The van der Waals surface area contributed by atoms with Gasteiger partial charge in [0.15, 0.2) is 0 Å². The molecule has 110 valence electrons. The molecule has 8 heteroatoms. The highest BCUT2D eigenvalue weighted by Gasteiger charge is 2.28. The zero-order chi connectivity index (χ0) is 14.8. The number of halogens is 1. The topological polar surface area (TPSA) is 92.7 Å². The van der Waals surface area contributed by atoms with Crippen LogP contribution in [-0.2, 0) is 14.8 Å². The summed E-state index contributed by atoms with van der Waals surface area (Å²) in [5, 5.41) is 8.54. The smallest absolute Gasteiger partial charge is 0.337 e. The average Bonchev–Trinajstić information content (AvgIpc) is 2.39. The van der Waals surface area contributed by atoms with Crippen molar-refractivity contribution in [3.05, 3.63) is 28.2 Å². The summed E-state index contributed by atoms with van der Waals surface area (Å²) in [7, 11) is -3.62. The van der Waals surface area contributed by atoms with Gasteiger partial charge >= 0.3 is 5.97 Å². The van der Waals surface area contributed by atoms with Crippen molar-refractivity contribution in [1.82, 2.24) is 0 Å². The molecule has 1 aliphatic heterocycles. The number of sulfonamides is 1. The van der Waals surface area contributed by atoms with Crippen LogP contribution in [0.3, 0.4) is 0 Å². The van der Waals surface area contributed by atoms with Crippen LogP contribution in [0.15, 0.2) is 22.7 Å². The van der Waals surface area contributed by atoms with Crippen molar-refractivity contribution < 1.29 is 23.1 Å². The maximum absolute atomic E-state index is 12.3. The van der Waals surface area contributed by atoms with Crippen molar-refractivity contribution in [3.8, 4) is 0 Å². The molecule has 0 radical (unpaired) electrons. The molecule has 0 atom stereocenters. The number of benzene rings is 1. The second-order valence-corrected chi connectivity index (χ2v) is 7.33. The molecule has 0 saturated carbocycles. The van der Waals surface area contributed by atoms with E-state index >= 15 is 0 Å². The van der Waals surface area contributed by atoms with Gasteiger partial charge in [0, 0.05) is 17.7 Å². The van der Waals surface area contributed by atoms with Gasteiger partial charge in [0.1, 0.15) is 0 Å². The fraction of sp³-hybridized carbons (Fsp3) is 0.417. The van der Waals surface area contributed by atoms with Crippen molar-refractivity contribution in [1.29, 1.82) is 0 Å². The maximum Gasteiger partial charge on any atom is 0.337 e. The van der Waals surface area contributed by atoms with Crippen LogP contribution in [0.2, 0.25) is 0 Å². The zero-order valence-electron chi connectivity index (χ0n) is 10.5. The van der Waals surface area contributed by atoms with E-state index in [2.05, 4.69) is 20.7 Å². The van der Waals surface area contributed by atoms with Gasteiger partial charge in [0.2, 0.25) is 10.0 Å². The number of carboxylic acid groups (broad SMARTS) is 1. The fourth-order valence-corrected chi connectivity index (χ4v) is 3.83. The van der Waals surface area contributed by atoms with Gasteiger partial charge in [-0.15, -0.1) is 0 Å². The molecule has 2 rings (SSSR count). The Morgan fingerprint density at radius 1 is 1.35 bits per heavy atom. The number of carbonyl (C=O) groups is 1. The number of ether oxygens (including phenoxy) is 1. The minimum absolute atomic E-state index is 0.0679. The van der Waals surface area contributed by atoms with Gasteiger partial charge in [-0.05, 0) is 31.0 Å². The Morgan fingerprint density at radius 2 is 2.00 bits per heavy atom. The summed E-state index contributed by atoms with van der Waals surface area (Å²) in [6.45, 7) is 0.797. The van der Waals surface area contributed by atoms with Gasteiger partial charge in [0.25, 0.3) is 0 Å². The number of carboxylic acids is 1. The number of hydrogen-bond donors (Lipinski definition) is 2. The molecular formula is C12H14BrNO5S. The van der Waals surface area contributed by atoms with Crippen LogP contribution in [0.5, 0.6) is 0 Å². The number of nitrogens with one attached hydrogen (secondary N) is 1. The van der Waals surface area contributed by atoms with Crippen molar-refractivity contribution in [2.45, 2.75) is 18.1 Å². The highest BCUT2D eigenvalue weighted by Crippen LogP contribution is 2.25. The third-order valence-corrected chi connectivity index (χ3v) is 5.42. The van der Waals surface area contributed by atoms with E-state index in [1.54, 1.807) is 6.07 Å². The van der Waals surface area contributed by atoms with E-state index in [9.17, 15) is 13.2 Å². The molecule has 6 nitrogen and oxygen atoms in total. The molecule has 0 unspecified atom stereocenters. The Morgan fingerprint density at radius 3 is 2.60 bits per heavy atom. The first-order valence-corrected chi connectivity index (χ1v) is 8.36. The summed E-state index contributed by atoms with van der Waals surface area (Å²) in [6, 6.07) is 4.35. The van der Waals surface area contributed by atoms with Crippen LogP contribution in [-0.4, -0.2) is 38.0 Å². The molecule has 1 aromatic rings. The monoisotopic (exact) mass is 363 g/mol. The van der Waals surface area contributed by atoms with Crippen molar-refractivity contribution in [2.24, 2.45) is 0 Å². The van der Waals surface area contributed by atoms with Gasteiger partial charge in [0.05, 0.1) is 16.5 Å². The first-order chi connectivity index (χ1) is 9.40. The third kappa shape index (κ3) is 3.50. The summed E-state index contributed by atoms with van der Waals surface area (Å²) in [4.78, 5) is 11.1.